The van der Waals surface area contributed by atoms with E-state index in [-0.39, 0.29) is 24.2 Å². The number of aryl methyl sites for hydroxylation is 2. The van der Waals surface area contributed by atoms with Crippen molar-refractivity contribution in [2.24, 2.45) is 0 Å². The Morgan fingerprint density at radius 1 is 1.23 bits per heavy atom. The SMILES string of the molecule is Cc1ccc(C)c(C(=O)CCC(=O)N2CCNC(C)C2C)c1. The summed E-state index contributed by atoms with van der Waals surface area (Å²) in [6, 6.07) is 6.35. The number of ketones is 1. The molecule has 2 rings (SSSR count). The molecule has 0 radical (unpaired) electrons. The van der Waals surface area contributed by atoms with E-state index >= 15 is 0 Å². The van der Waals surface area contributed by atoms with E-state index in [1.807, 2.05) is 36.9 Å². The molecule has 2 atom stereocenters. The number of Topliss-reactive ketones (excluding diaryl/α,β-unsaturated/α-hetero) is 1. The lowest BCUT2D eigenvalue weighted by Gasteiger charge is -2.38. The Hall–Kier alpha value is -1.68. The first-order chi connectivity index (χ1) is 10.4. The van der Waals surface area contributed by atoms with E-state index in [0.717, 1.165) is 29.8 Å². The van der Waals surface area contributed by atoms with Crippen LogP contribution in [0.1, 0.15) is 48.2 Å². The Labute approximate surface area is 132 Å². The summed E-state index contributed by atoms with van der Waals surface area (Å²) in [6.07, 6.45) is 0.581. The number of amides is 1. The minimum Gasteiger partial charge on any atom is -0.337 e. The van der Waals surface area contributed by atoms with Crippen LogP contribution in [0.15, 0.2) is 18.2 Å². The lowest BCUT2D eigenvalue weighted by Crippen LogP contribution is -2.57. The summed E-state index contributed by atoms with van der Waals surface area (Å²) >= 11 is 0. The maximum absolute atomic E-state index is 12.4. The zero-order chi connectivity index (χ0) is 16.3. The zero-order valence-electron chi connectivity index (χ0n) is 14.0. The lowest BCUT2D eigenvalue weighted by molar-refractivity contribution is -0.134. The van der Waals surface area contributed by atoms with Crippen LogP contribution in [0.25, 0.3) is 0 Å². The second-order valence-corrected chi connectivity index (χ2v) is 6.31. The summed E-state index contributed by atoms with van der Waals surface area (Å²) in [4.78, 5) is 26.7. The van der Waals surface area contributed by atoms with Gasteiger partial charge in [0, 0.05) is 43.6 Å². The van der Waals surface area contributed by atoms with Gasteiger partial charge in [-0.2, -0.15) is 0 Å². The fraction of sp³-hybridized carbons (Fsp3) is 0.556. The van der Waals surface area contributed by atoms with Crippen molar-refractivity contribution in [3.8, 4) is 0 Å². The van der Waals surface area contributed by atoms with Crippen molar-refractivity contribution in [3.05, 3.63) is 34.9 Å². The highest BCUT2D eigenvalue weighted by Gasteiger charge is 2.28. The molecule has 1 aliphatic rings. The number of nitrogens with one attached hydrogen (secondary N) is 1. The Morgan fingerprint density at radius 2 is 1.95 bits per heavy atom. The van der Waals surface area contributed by atoms with Crippen LogP contribution in [0.4, 0.5) is 0 Å². The highest BCUT2D eigenvalue weighted by molar-refractivity contribution is 5.99. The average molecular weight is 302 g/mol. The topological polar surface area (TPSA) is 49.4 Å². The first kappa shape index (κ1) is 16.7. The number of carbonyl (C=O) groups excluding carboxylic acids is 2. The molecular formula is C18H26N2O2. The van der Waals surface area contributed by atoms with Crippen LogP contribution in [-0.4, -0.2) is 41.8 Å². The molecule has 1 aromatic carbocycles. The third-order valence-electron chi connectivity index (χ3n) is 4.61. The van der Waals surface area contributed by atoms with Crippen LogP contribution >= 0.6 is 0 Å². The molecule has 1 saturated heterocycles. The molecule has 0 bridgehead atoms. The van der Waals surface area contributed by atoms with Crippen molar-refractivity contribution < 1.29 is 9.59 Å². The second kappa shape index (κ2) is 7.05. The molecule has 0 saturated carbocycles. The first-order valence-corrected chi connectivity index (χ1v) is 8.03. The van der Waals surface area contributed by atoms with Gasteiger partial charge in [-0.25, -0.2) is 0 Å². The summed E-state index contributed by atoms with van der Waals surface area (Å²) in [6.45, 7) is 9.61. The Morgan fingerprint density at radius 3 is 2.68 bits per heavy atom. The van der Waals surface area contributed by atoms with E-state index in [4.69, 9.17) is 0 Å². The summed E-state index contributed by atoms with van der Waals surface area (Å²) in [5.74, 6) is 0.143. The summed E-state index contributed by atoms with van der Waals surface area (Å²) in [5, 5.41) is 3.36. The van der Waals surface area contributed by atoms with E-state index in [1.54, 1.807) is 0 Å². The van der Waals surface area contributed by atoms with E-state index in [2.05, 4.69) is 19.2 Å². The number of piperazine rings is 1. The predicted octanol–water partition coefficient (Wildman–Crippen LogP) is 2.48. The van der Waals surface area contributed by atoms with Crippen LogP contribution < -0.4 is 5.32 Å². The molecule has 1 aromatic rings. The van der Waals surface area contributed by atoms with E-state index in [0.29, 0.717) is 12.5 Å². The smallest absolute Gasteiger partial charge is 0.223 e. The maximum atomic E-state index is 12.4. The molecular weight excluding hydrogens is 276 g/mol. The van der Waals surface area contributed by atoms with Gasteiger partial charge in [0.25, 0.3) is 0 Å². The lowest BCUT2D eigenvalue weighted by atomic mass is 9.98. The first-order valence-electron chi connectivity index (χ1n) is 8.03. The third-order valence-corrected chi connectivity index (χ3v) is 4.61. The number of hydrogen-bond acceptors (Lipinski definition) is 3. The second-order valence-electron chi connectivity index (χ2n) is 6.31. The van der Waals surface area contributed by atoms with Crippen LogP contribution in [0.5, 0.6) is 0 Å². The standard InChI is InChI=1S/C18H26N2O2/c1-12-5-6-13(2)16(11-12)17(21)7-8-18(22)20-10-9-19-14(3)15(20)4/h5-6,11,14-15,19H,7-10H2,1-4H3. The maximum Gasteiger partial charge on any atom is 0.223 e. The van der Waals surface area contributed by atoms with E-state index < -0.39 is 0 Å². The molecule has 1 aliphatic heterocycles. The van der Waals surface area contributed by atoms with Gasteiger partial charge >= 0.3 is 0 Å². The van der Waals surface area contributed by atoms with E-state index in [9.17, 15) is 9.59 Å². The fourth-order valence-electron chi connectivity index (χ4n) is 2.94. The molecule has 2 unspecified atom stereocenters. The Balaban J connectivity index is 1.96. The normalized spacial score (nSPS) is 21.7. The van der Waals surface area contributed by atoms with Crippen LogP contribution in [0.2, 0.25) is 0 Å². The summed E-state index contributed by atoms with van der Waals surface area (Å²) in [5.41, 5.74) is 2.80. The number of carbonyl (C=O) groups is 2. The monoisotopic (exact) mass is 302 g/mol. The van der Waals surface area contributed by atoms with Crippen molar-refractivity contribution in [1.29, 1.82) is 0 Å². The van der Waals surface area contributed by atoms with Gasteiger partial charge in [-0.05, 0) is 39.3 Å². The molecule has 0 aliphatic carbocycles. The summed E-state index contributed by atoms with van der Waals surface area (Å²) in [7, 11) is 0. The summed E-state index contributed by atoms with van der Waals surface area (Å²) < 4.78 is 0. The van der Waals surface area contributed by atoms with Gasteiger partial charge < -0.3 is 10.2 Å². The van der Waals surface area contributed by atoms with Gasteiger partial charge in [-0.3, -0.25) is 9.59 Å². The zero-order valence-corrected chi connectivity index (χ0v) is 14.0. The molecule has 1 heterocycles. The van der Waals surface area contributed by atoms with Crippen LogP contribution in [0, 0.1) is 13.8 Å². The van der Waals surface area contributed by atoms with Crippen molar-refractivity contribution in [1.82, 2.24) is 10.2 Å². The third kappa shape index (κ3) is 3.74. The van der Waals surface area contributed by atoms with E-state index in [1.165, 1.54) is 0 Å². The molecule has 1 amide bonds. The number of nitrogens with zero attached hydrogens (tertiary/aromatic N) is 1. The Kier molecular flexibility index (Phi) is 5.35. The quantitative estimate of drug-likeness (QED) is 0.869. The molecule has 0 spiro atoms. The number of hydrogen-bond donors (Lipinski definition) is 1. The average Bonchev–Trinajstić information content (AvgIpc) is 2.49. The van der Waals surface area contributed by atoms with Crippen molar-refractivity contribution in [3.63, 3.8) is 0 Å². The minimum absolute atomic E-state index is 0.0605. The molecule has 4 heteroatoms. The number of rotatable bonds is 4. The largest absolute Gasteiger partial charge is 0.337 e. The van der Waals surface area contributed by atoms with Crippen molar-refractivity contribution in [2.45, 2.75) is 52.6 Å². The number of benzene rings is 1. The van der Waals surface area contributed by atoms with Gasteiger partial charge in [0.05, 0.1) is 0 Å². The van der Waals surface area contributed by atoms with Gasteiger partial charge in [-0.1, -0.05) is 17.7 Å². The molecule has 120 valence electrons. The van der Waals surface area contributed by atoms with Crippen LogP contribution in [0.3, 0.4) is 0 Å². The fourth-order valence-corrected chi connectivity index (χ4v) is 2.94. The van der Waals surface area contributed by atoms with Gasteiger partial charge in [-0.15, -0.1) is 0 Å². The van der Waals surface area contributed by atoms with Gasteiger partial charge in [0.15, 0.2) is 5.78 Å². The molecule has 22 heavy (non-hydrogen) atoms. The molecule has 1 fully saturated rings. The van der Waals surface area contributed by atoms with Crippen molar-refractivity contribution in [2.75, 3.05) is 13.1 Å². The molecule has 4 nitrogen and oxygen atoms in total. The Bertz CT molecular complexity index is 568. The predicted molar refractivity (Wildman–Crippen MR) is 88.1 cm³/mol. The van der Waals surface area contributed by atoms with Crippen LogP contribution in [-0.2, 0) is 4.79 Å². The van der Waals surface area contributed by atoms with Crippen molar-refractivity contribution >= 4 is 11.7 Å². The molecule has 0 aromatic heterocycles. The minimum atomic E-state index is 0.0605. The van der Waals surface area contributed by atoms with Gasteiger partial charge in [0.1, 0.15) is 0 Å². The highest BCUT2D eigenvalue weighted by atomic mass is 16.2. The highest BCUT2D eigenvalue weighted by Crippen LogP contribution is 2.16. The van der Waals surface area contributed by atoms with Gasteiger partial charge in [0.2, 0.25) is 5.91 Å². The molecule has 1 N–H and O–H groups in total.